The minimum absolute atomic E-state index is 0.00998. The fraction of sp³-hybridized carbons (Fsp3) is 0.286. The van der Waals surface area contributed by atoms with Crippen LogP contribution >= 0.6 is 0 Å². The van der Waals surface area contributed by atoms with Gasteiger partial charge in [-0.25, -0.2) is 26.9 Å². The molecule has 40 heavy (non-hydrogen) atoms. The van der Waals surface area contributed by atoms with Crippen molar-refractivity contribution in [2.24, 2.45) is 0 Å². The number of nitrogens with one attached hydrogen (secondary N) is 1. The van der Waals surface area contributed by atoms with E-state index in [0.717, 1.165) is 24.2 Å². The van der Waals surface area contributed by atoms with E-state index in [0.29, 0.717) is 43.8 Å². The van der Waals surface area contributed by atoms with Crippen LogP contribution in [0.1, 0.15) is 41.4 Å². The topological polar surface area (TPSA) is 107 Å². The molecule has 2 aromatic heterocycles. The van der Waals surface area contributed by atoms with Crippen molar-refractivity contribution in [2.75, 3.05) is 29.4 Å². The summed E-state index contributed by atoms with van der Waals surface area (Å²) in [5.74, 6) is -1.86. The van der Waals surface area contributed by atoms with Gasteiger partial charge in [0.15, 0.2) is 0 Å². The molecule has 2 aliphatic heterocycles. The van der Waals surface area contributed by atoms with Gasteiger partial charge in [0.2, 0.25) is 0 Å². The van der Waals surface area contributed by atoms with Crippen molar-refractivity contribution in [1.29, 1.82) is 0 Å². The lowest BCUT2D eigenvalue weighted by Gasteiger charge is -2.27. The fourth-order valence-corrected chi connectivity index (χ4v) is 6.48. The second-order valence-electron chi connectivity index (χ2n) is 10.1. The number of fused-ring (bicyclic) bond motifs is 1. The number of aliphatic hydroxyl groups is 1. The third kappa shape index (κ3) is 4.88. The number of amides is 1. The van der Waals surface area contributed by atoms with E-state index in [1.807, 2.05) is 9.80 Å². The van der Waals surface area contributed by atoms with E-state index in [4.69, 9.17) is 0 Å². The molecule has 0 saturated carbocycles. The van der Waals surface area contributed by atoms with E-state index >= 15 is 0 Å². The normalized spacial score (nSPS) is 19.5. The summed E-state index contributed by atoms with van der Waals surface area (Å²) >= 11 is 0. The number of aliphatic hydroxyl groups excluding tert-OH is 1. The number of carbonyl (C=O) groups is 1. The third-order valence-electron chi connectivity index (χ3n) is 7.53. The Kier molecular flexibility index (Phi) is 6.67. The maximum absolute atomic E-state index is 14.6. The summed E-state index contributed by atoms with van der Waals surface area (Å²) in [5.41, 5.74) is 2.15. The number of sulfonamides is 1. The van der Waals surface area contributed by atoms with Crippen LogP contribution < -0.4 is 14.5 Å². The molecule has 2 saturated heterocycles. The SMILES string of the molecule is O=C(NS(=O)(=O)c1ccc(N2CC[C@H](O)C2)cc1)c1cnc2ccc(N3CCC[C@@H]3c3cc(F)ccc3F)cn12. The Bertz CT molecular complexity index is 1690. The highest BCUT2D eigenvalue weighted by atomic mass is 32.2. The Labute approximate surface area is 229 Å². The van der Waals surface area contributed by atoms with Gasteiger partial charge < -0.3 is 14.9 Å². The minimum atomic E-state index is -4.18. The van der Waals surface area contributed by atoms with Crippen LogP contribution in [0.25, 0.3) is 5.65 Å². The van der Waals surface area contributed by atoms with Crippen molar-refractivity contribution in [3.05, 3.63) is 89.9 Å². The Hall–Kier alpha value is -4.03. The van der Waals surface area contributed by atoms with Crippen LogP contribution in [0.15, 0.2) is 71.9 Å². The molecule has 0 spiro atoms. The molecule has 1 amide bonds. The van der Waals surface area contributed by atoms with Crippen LogP contribution in [0.5, 0.6) is 0 Å². The first-order chi connectivity index (χ1) is 19.2. The van der Waals surface area contributed by atoms with Gasteiger partial charge in [0.1, 0.15) is 23.0 Å². The standard InChI is InChI=1S/C28H27F2N5O4S/c29-18-3-9-24(30)23(14-18)25-2-1-12-34(25)20-6-10-27-31-15-26(35(27)16-20)28(37)32-40(38,39)22-7-4-19(5-8-22)33-13-11-21(36)17-33/h3-10,14-16,21,25,36H,1-2,11-13,17H2,(H,32,37)/t21-,25+/m0/s1. The summed E-state index contributed by atoms with van der Waals surface area (Å²) in [7, 11) is -4.18. The molecule has 0 aliphatic carbocycles. The molecule has 2 fully saturated rings. The molecule has 0 bridgehead atoms. The molecule has 9 nitrogen and oxygen atoms in total. The highest BCUT2D eigenvalue weighted by Gasteiger charge is 2.30. The van der Waals surface area contributed by atoms with E-state index in [-0.39, 0.29) is 22.2 Å². The predicted molar refractivity (Wildman–Crippen MR) is 145 cm³/mol. The second kappa shape index (κ2) is 10.2. The van der Waals surface area contributed by atoms with Crippen molar-refractivity contribution in [2.45, 2.75) is 36.3 Å². The van der Waals surface area contributed by atoms with Gasteiger partial charge in [0.25, 0.3) is 15.9 Å². The molecule has 2 atom stereocenters. The summed E-state index contributed by atoms with van der Waals surface area (Å²) in [4.78, 5) is 21.2. The first-order valence-electron chi connectivity index (χ1n) is 13.0. The molecule has 12 heteroatoms. The Morgan fingerprint density at radius 1 is 1.00 bits per heavy atom. The van der Waals surface area contributed by atoms with E-state index in [1.165, 1.54) is 28.8 Å². The number of rotatable bonds is 6. The molecular formula is C28H27F2N5O4S. The van der Waals surface area contributed by atoms with Gasteiger partial charge in [-0.15, -0.1) is 0 Å². The van der Waals surface area contributed by atoms with Crippen LogP contribution in [-0.2, 0) is 10.0 Å². The molecule has 208 valence electrons. The molecule has 6 rings (SSSR count). The largest absolute Gasteiger partial charge is 0.391 e. The lowest BCUT2D eigenvalue weighted by Crippen LogP contribution is -2.31. The number of nitrogens with zero attached hydrogens (tertiary/aromatic N) is 4. The number of β-amino-alcohol motifs (C(OH)–C–C–N with tert-alkyl or cyclic N) is 1. The van der Waals surface area contributed by atoms with Gasteiger partial charge in [0.05, 0.1) is 28.9 Å². The summed E-state index contributed by atoms with van der Waals surface area (Å²) < 4.78 is 58.1. The Morgan fingerprint density at radius 3 is 2.52 bits per heavy atom. The lowest BCUT2D eigenvalue weighted by molar-refractivity contribution is 0.0975. The summed E-state index contributed by atoms with van der Waals surface area (Å²) in [6.45, 7) is 1.76. The molecule has 4 heterocycles. The molecular weight excluding hydrogens is 540 g/mol. The zero-order valence-electron chi connectivity index (χ0n) is 21.4. The highest BCUT2D eigenvalue weighted by Crippen LogP contribution is 2.37. The average Bonchev–Trinajstić information content (AvgIpc) is 3.69. The van der Waals surface area contributed by atoms with E-state index in [2.05, 4.69) is 9.71 Å². The van der Waals surface area contributed by atoms with Crippen LogP contribution in [0.4, 0.5) is 20.2 Å². The third-order valence-corrected chi connectivity index (χ3v) is 8.87. The number of carbonyl (C=O) groups excluding carboxylic acids is 1. The van der Waals surface area contributed by atoms with Gasteiger partial charge in [-0.3, -0.25) is 9.20 Å². The van der Waals surface area contributed by atoms with Gasteiger partial charge in [-0.05, 0) is 73.9 Å². The number of imidazole rings is 1. The fourth-order valence-electron chi connectivity index (χ4n) is 5.52. The quantitative estimate of drug-likeness (QED) is 0.366. The summed E-state index contributed by atoms with van der Waals surface area (Å²) in [5, 5.41) is 9.75. The van der Waals surface area contributed by atoms with Gasteiger partial charge in [-0.1, -0.05) is 0 Å². The molecule has 2 aliphatic rings. The van der Waals surface area contributed by atoms with Crippen LogP contribution in [0.2, 0.25) is 0 Å². The summed E-state index contributed by atoms with van der Waals surface area (Å²) in [6.07, 6.45) is 4.58. The molecule has 0 radical (unpaired) electrons. The number of aromatic nitrogens is 2. The summed E-state index contributed by atoms with van der Waals surface area (Å²) in [6, 6.07) is 12.6. The number of benzene rings is 2. The van der Waals surface area contributed by atoms with E-state index in [9.17, 15) is 27.1 Å². The smallest absolute Gasteiger partial charge is 0.283 e. The Morgan fingerprint density at radius 2 is 1.77 bits per heavy atom. The monoisotopic (exact) mass is 567 g/mol. The second-order valence-corrected chi connectivity index (χ2v) is 11.8. The van der Waals surface area contributed by atoms with E-state index < -0.39 is 33.7 Å². The molecule has 2 N–H and O–H groups in total. The lowest BCUT2D eigenvalue weighted by atomic mass is 10.0. The van der Waals surface area contributed by atoms with Crippen molar-refractivity contribution in [1.82, 2.24) is 14.1 Å². The van der Waals surface area contributed by atoms with Crippen LogP contribution in [0, 0.1) is 11.6 Å². The number of pyridine rings is 1. The maximum Gasteiger partial charge on any atom is 0.283 e. The van der Waals surface area contributed by atoms with Crippen LogP contribution in [0.3, 0.4) is 0 Å². The first kappa shape index (κ1) is 26.2. The van der Waals surface area contributed by atoms with Crippen molar-refractivity contribution < 1.29 is 27.1 Å². The molecule has 0 unspecified atom stereocenters. The zero-order valence-corrected chi connectivity index (χ0v) is 22.2. The van der Waals surface area contributed by atoms with Crippen molar-refractivity contribution in [3.8, 4) is 0 Å². The number of anilines is 2. The van der Waals surface area contributed by atoms with Gasteiger partial charge in [0, 0.05) is 37.1 Å². The van der Waals surface area contributed by atoms with E-state index in [1.54, 1.807) is 30.5 Å². The first-order valence-corrected chi connectivity index (χ1v) is 14.5. The van der Waals surface area contributed by atoms with Crippen LogP contribution in [-0.4, -0.2) is 54.6 Å². The number of hydrogen-bond acceptors (Lipinski definition) is 7. The minimum Gasteiger partial charge on any atom is -0.391 e. The zero-order chi connectivity index (χ0) is 28.0. The van der Waals surface area contributed by atoms with Gasteiger partial charge in [-0.2, -0.15) is 0 Å². The number of hydrogen-bond donors (Lipinski definition) is 2. The number of halogens is 2. The van der Waals surface area contributed by atoms with Crippen molar-refractivity contribution >= 4 is 33.0 Å². The van der Waals surface area contributed by atoms with Crippen molar-refractivity contribution in [3.63, 3.8) is 0 Å². The molecule has 4 aromatic rings. The molecule has 2 aromatic carbocycles. The van der Waals surface area contributed by atoms with Gasteiger partial charge >= 0.3 is 0 Å². The maximum atomic E-state index is 14.6. The average molecular weight is 568 g/mol. The Balaban J connectivity index is 1.24. The highest BCUT2D eigenvalue weighted by molar-refractivity contribution is 7.90. The predicted octanol–water partition coefficient (Wildman–Crippen LogP) is 3.64.